The van der Waals surface area contributed by atoms with Gasteiger partial charge in [0.05, 0.1) is 0 Å². The molecular formula is C12H16FNO2. The van der Waals surface area contributed by atoms with Gasteiger partial charge in [-0.3, -0.25) is 0 Å². The summed E-state index contributed by atoms with van der Waals surface area (Å²) in [5.74, 6) is 1.26. The van der Waals surface area contributed by atoms with E-state index in [-0.39, 0.29) is 6.04 Å². The van der Waals surface area contributed by atoms with Crippen LogP contribution in [0.4, 0.5) is 4.39 Å². The minimum Gasteiger partial charge on any atom is -0.486 e. The SMILES string of the molecule is CC(N)c1cc(C(C)F)cc2c1OCCO2. The fraction of sp³-hybridized carbons (Fsp3) is 0.500. The second-order valence-corrected chi connectivity index (χ2v) is 4.04. The van der Waals surface area contributed by atoms with E-state index in [1.165, 1.54) is 6.92 Å². The largest absolute Gasteiger partial charge is 0.486 e. The van der Waals surface area contributed by atoms with Crippen molar-refractivity contribution < 1.29 is 13.9 Å². The molecule has 2 atom stereocenters. The number of alkyl halides is 1. The number of fused-ring (bicyclic) bond motifs is 1. The number of nitrogens with two attached hydrogens (primary N) is 1. The fourth-order valence-electron chi connectivity index (χ4n) is 1.77. The third kappa shape index (κ3) is 1.97. The van der Waals surface area contributed by atoms with Crippen molar-refractivity contribution in [3.63, 3.8) is 0 Å². The molecule has 2 N–H and O–H groups in total. The molecule has 0 spiro atoms. The summed E-state index contributed by atoms with van der Waals surface area (Å²) < 4.78 is 24.3. The van der Waals surface area contributed by atoms with Gasteiger partial charge in [0.15, 0.2) is 11.5 Å². The lowest BCUT2D eigenvalue weighted by atomic mass is 10.0. The Morgan fingerprint density at radius 1 is 1.25 bits per heavy atom. The molecule has 0 saturated heterocycles. The van der Waals surface area contributed by atoms with Crippen LogP contribution in [0.5, 0.6) is 11.5 Å². The Kier molecular flexibility index (Phi) is 3.01. The van der Waals surface area contributed by atoms with Crippen LogP contribution in [0.1, 0.15) is 37.2 Å². The summed E-state index contributed by atoms with van der Waals surface area (Å²) in [5, 5.41) is 0. The molecular weight excluding hydrogens is 209 g/mol. The molecule has 1 heterocycles. The lowest BCUT2D eigenvalue weighted by molar-refractivity contribution is 0.168. The minimum atomic E-state index is -1.03. The first kappa shape index (κ1) is 11.2. The predicted octanol–water partition coefficient (Wildman–Crippen LogP) is 2.51. The maximum Gasteiger partial charge on any atom is 0.166 e. The topological polar surface area (TPSA) is 44.5 Å². The van der Waals surface area contributed by atoms with E-state index in [0.717, 1.165) is 5.56 Å². The highest BCUT2D eigenvalue weighted by Gasteiger charge is 2.21. The average molecular weight is 225 g/mol. The van der Waals surface area contributed by atoms with Gasteiger partial charge in [-0.2, -0.15) is 0 Å². The minimum absolute atomic E-state index is 0.200. The molecule has 0 fully saturated rings. The van der Waals surface area contributed by atoms with Crippen LogP contribution < -0.4 is 15.2 Å². The highest BCUT2D eigenvalue weighted by Crippen LogP contribution is 2.39. The Balaban J connectivity index is 2.52. The molecule has 0 amide bonds. The third-order valence-electron chi connectivity index (χ3n) is 2.64. The number of hydrogen-bond donors (Lipinski definition) is 1. The lowest BCUT2D eigenvalue weighted by Crippen LogP contribution is -2.19. The van der Waals surface area contributed by atoms with Gasteiger partial charge in [0.25, 0.3) is 0 Å². The zero-order valence-electron chi connectivity index (χ0n) is 9.50. The molecule has 0 bridgehead atoms. The molecule has 1 aliphatic heterocycles. The van der Waals surface area contributed by atoms with Crippen LogP contribution in [0.15, 0.2) is 12.1 Å². The van der Waals surface area contributed by atoms with E-state index in [0.29, 0.717) is 30.3 Å². The van der Waals surface area contributed by atoms with Gasteiger partial charge in [-0.05, 0) is 31.5 Å². The number of halogens is 1. The molecule has 0 radical (unpaired) electrons. The molecule has 1 aromatic rings. The first-order chi connectivity index (χ1) is 7.59. The van der Waals surface area contributed by atoms with E-state index < -0.39 is 6.17 Å². The Morgan fingerprint density at radius 3 is 2.56 bits per heavy atom. The maximum atomic E-state index is 13.3. The maximum absolute atomic E-state index is 13.3. The summed E-state index contributed by atoms with van der Waals surface area (Å²) in [5.41, 5.74) is 7.23. The number of rotatable bonds is 2. The second kappa shape index (κ2) is 4.29. The molecule has 1 aliphatic rings. The first-order valence-corrected chi connectivity index (χ1v) is 5.42. The van der Waals surface area contributed by atoms with E-state index in [1.54, 1.807) is 12.1 Å². The van der Waals surface area contributed by atoms with Gasteiger partial charge in [0, 0.05) is 11.6 Å². The molecule has 0 aromatic heterocycles. The van der Waals surface area contributed by atoms with E-state index in [2.05, 4.69) is 0 Å². The fourth-order valence-corrected chi connectivity index (χ4v) is 1.77. The van der Waals surface area contributed by atoms with Crippen LogP contribution in [0, 0.1) is 0 Å². The Morgan fingerprint density at radius 2 is 1.94 bits per heavy atom. The van der Waals surface area contributed by atoms with Crippen LogP contribution in [-0.2, 0) is 0 Å². The number of benzene rings is 1. The van der Waals surface area contributed by atoms with Crippen molar-refractivity contribution >= 4 is 0 Å². The van der Waals surface area contributed by atoms with Crippen LogP contribution in [0.2, 0.25) is 0 Å². The lowest BCUT2D eigenvalue weighted by Gasteiger charge is -2.24. The predicted molar refractivity (Wildman–Crippen MR) is 59.6 cm³/mol. The summed E-state index contributed by atoms with van der Waals surface area (Å²) in [6, 6.07) is 3.24. The zero-order chi connectivity index (χ0) is 11.7. The Labute approximate surface area is 94.3 Å². The van der Waals surface area contributed by atoms with Gasteiger partial charge in [0.2, 0.25) is 0 Å². The molecule has 0 aliphatic carbocycles. The normalized spacial score (nSPS) is 18.0. The molecule has 88 valence electrons. The summed E-state index contributed by atoms with van der Waals surface area (Å²) in [7, 11) is 0. The molecule has 3 nitrogen and oxygen atoms in total. The van der Waals surface area contributed by atoms with Crippen molar-refractivity contribution in [3.05, 3.63) is 23.3 Å². The summed E-state index contributed by atoms with van der Waals surface area (Å²) >= 11 is 0. The van der Waals surface area contributed by atoms with E-state index >= 15 is 0 Å². The van der Waals surface area contributed by atoms with E-state index in [4.69, 9.17) is 15.2 Å². The highest BCUT2D eigenvalue weighted by atomic mass is 19.1. The van der Waals surface area contributed by atoms with Crippen LogP contribution in [-0.4, -0.2) is 13.2 Å². The van der Waals surface area contributed by atoms with Crippen LogP contribution in [0.3, 0.4) is 0 Å². The van der Waals surface area contributed by atoms with Gasteiger partial charge in [0.1, 0.15) is 19.4 Å². The molecule has 2 rings (SSSR count). The molecule has 1 aromatic carbocycles. The van der Waals surface area contributed by atoms with Crippen molar-refractivity contribution in [2.75, 3.05) is 13.2 Å². The Hall–Kier alpha value is -1.29. The zero-order valence-corrected chi connectivity index (χ0v) is 9.50. The Bertz CT molecular complexity index is 391. The number of hydrogen-bond acceptors (Lipinski definition) is 3. The van der Waals surface area contributed by atoms with Gasteiger partial charge in [-0.25, -0.2) is 4.39 Å². The van der Waals surface area contributed by atoms with Crippen LogP contribution >= 0.6 is 0 Å². The van der Waals surface area contributed by atoms with Gasteiger partial charge >= 0.3 is 0 Å². The molecule has 0 saturated carbocycles. The van der Waals surface area contributed by atoms with Gasteiger partial charge in [-0.1, -0.05) is 0 Å². The first-order valence-electron chi connectivity index (χ1n) is 5.42. The van der Waals surface area contributed by atoms with E-state index in [1.807, 2.05) is 6.92 Å². The second-order valence-electron chi connectivity index (χ2n) is 4.04. The monoisotopic (exact) mass is 225 g/mol. The standard InChI is InChI=1S/C12H16FNO2/c1-7(13)9-5-10(8(2)14)12-11(6-9)15-3-4-16-12/h5-8H,3-4,14H2,1-2H3. The van der Waals surface area contributed by atoms with Crippen molar-refractivity contribution in [2.24, 2.45) is 5.73 Å². The third-order valence-corrected chi connectivity index (χ3v) is 2.64. The molecule has 16 heavy (non-hydrogen) atoms. The van der Waals surface area contributed by atoms with Crippen molar-refractivity contribution in [2.45, 2.75) is 26.1 Å². The summed E-state index contributed by atoms with van der Waals surface area (Å²) in [6.45, 7) is 4.35. The highest BCUT2D eigenvalue weighted by molar-refractivity contribution is 5.51. The molecule has 2 unspecified atom stereocenters. The number of ether oxygens (including phenoxy) is 2. The van der Waals surface area contributed by atoms with Crippen LogP contribution in [0.25, 0.3) is 0 Å². The molecule has 4 heteroatoms. The van der Waals surface area contributed by atoms with Gasteiger partial charge < -0.3 is 15.2 Å². The quantitative estimate of drug-likeness (QED) is 0.841. The van der Waals surface area contributed by atoms with Crippen molar-refractivity contribution in [1.29, 1.82) is 0 Å². The van der Waals surface area contributed by atoms with Gasteiger partial charge in [-0.15, -0.1) is 0 Å². The van der Waals surface area contributed by atoms with E-state index in [9.17, 15) is 4.39 Å². The van der Waals surface area contributed by atoms with Crippen molar-refractivity contribution in [1.82, 2.24) is 0 Å². The smallest absolute Gasteiger partial charge is 0.166 e. The summed E-state index contributed by atoms with van der Waals surface area (Å²) in [6.07, 6.45) is -1.03. The summed E-state index contributed by atoms with van der Waals surface area (Å²) in [4.78, 5) is 0. The average Bonchev–Trinajstić information content (AvgIpc) is 2.27. The van der Waals surface area contributed by atoms with Crippen molar-refractivity contribution in [3.8, 4) is 11.5 Å².